The van der Waals surface area contributed by atoms with Crippen molar-refractivity contribution in [1.82, 2.24) is 14.5 Å². The standard InChI is InChI=1S/C20H19F3N6O6S2/c1-24-36(31,32)15-7-3-5-13(9-15)27-17-11-18(29(12-26-17)35-19(30)20(21,22)23)28-14-6-4-8-16(10-14)37(33,34)25-2/h3-10,12,24-25H,11H2,1-2H3. The molecule has 0 aliphatic carbocycles. The number of rotatable bonds is 7. The van der Waals surface area contributed by atoms with Gasteiger partial charge in [-0.2, -0.15) is 13.2 Å². The highest BCUT2D eigenvalue weighted by Crippen LogP contribution is 2.24. The van der Waals surface area contributed by atoms with Gasteiger partial charge in [0.05, 0.1) is 27.6 Å². The first-order valence-electron chi connectivity index (χ1n) is 10.1. The van der Waals surface area contributed by atoms with E-state index in [0.29, 0.717) is 5.06 Å². The second-order valence-corrected chi connectivity index (χ2v) is 10.9. The summed E-state index contributed by atoms with van der Waals surface area (Å²) in [5.41, 5.74) is 0.168. The summed E-state index contributed by atoms with van der Waals surface area (Å²) in [6, 6.07) is 10.6. The second-order valence-electron chi connectivity index (χ2n) is 7.09. The predicted molar refractivity (Wildman–Crippen MR) is 127 cm³/mol. The Morgan fingerprint density at radius 3 is 1.95 bits per heavy atom. The molecule has 17 heteroatoms. The summed E-state index contributed by atoms with van der Waals surface area (Å²) in [6.45, 7) is 0. The van der Waals surface area contributed by atoms with Crippen LogP contribution in [0.15, 0.2) is 73.3 Å². The van der Waals surface area contributed by atoms with Gasteiger partial charge in [0.2, 0.25) is 20.0 Å². The Bertz CT molecular complexity index is 1500. The molecule has 0 atom stereocenters. The van der Waals surface area contributed by atoms with Gasteiger partial charge in [-0.25, -0.2) is 46.1 Å². The molecule has 0 aromatic heterocycles. The Morgan fingerprint density at radius 2 is 1.46 bits per heavy atom. The van der Waals surface area contributed by atoms with Gasteiger partial charge >= 0.3 is 12.1 Å². The van der Waals surface area contributed by atoms with E-state index in [4.69, 9.17) is 0 Å². The van der Waals surface area contributed by atoms with Crippen molar-refractivity contribution < 1.29 is 39.6 Å². The number of nitrogens with zero attached hydrogens (tertiary/aromatic N) is 4. The molecule has 2 aromatic rings. The summed E-state index contributed by atoms with van der Waals surface area (Å²) in [7, 11) is -5.20. The quantitative estimate of drug-likeness (QED) is 0.524. The van der Waals surface area contributed by atoms with Gasteiger partial charge in [-0.05, 0) is 50.5 Å². The number of amidine groups is 2. The first-order valence-corrected chi connectivity index (χ1v) is 13.1. The number of carbonyl (C=O) groups excluding carboxylic acids is 1. The van der Waals surface area contributed by atoms with E-state index in [0.717, 1.165) is 12.4 Å². The van der Waals surface area contributed by atoms with Crippen LogP contribution in [-0.4, -0.2) is 66.1 Å². The Morgan fingerprint density at radius 1 is 0.946 bits per heavy atom. The van der Waals surface area contributed by atoms with Crippen LogP contribution >= 0.6 is 0 Å². The van der Waals surface area contributed by atoms with Crippen molar-refractivity contribution >= 4 is 55.4 Å². The van der Waals surface area contributed by atoms with Gasteiger partial charge in [0.25, 0.3) is 0 Å². The lowest BCUT2D eigenvalue weighted by molar-refractivity contribution is -0.216. The molecule has 0 saturated heterocycles. The fourth-order valence-corrected chi connectivity index (χ4v) is 4.34. The Balaban J connectivity index is 2.03. The van der Waals surface area contributed by atoms with Gasteiger partial charge < -0.3 is 4.84 Å². The van der Waals surface area contributed by atoms with E-state index < -0.39 is 32.2 Å². The number of halogens is 3. The van der Waals surface area contributed by atoms with Gasteiger partial charge in [-0.3, -0.25) is 0 Å². The highest BCUT2D eigenvalue weighted by molar-refractivity contribution is 7.89. The monoisotopic (exact) mass is 560 g/mol. The molecular formula is C20H19F3N6O6S2. The Hall–Kier alpha value is -3.67. The normalized spacial score (nSPS) is 16.8. The maximum Gasteiger partial charge on any atom is 0.493 e. The maximum atomic E-state index is 12.8. The van der Waals surface area contributed by atoms with E-state index in [-0.39, 0.29) is 39.3 Å². The average Bonchev–Trinajstić information content (AvgIpc) is 2.85. The zero-order chi connectivity index (χ0) is 27.4. The van der Waals surface area contributed by atoms with Crippen LogP contribution in [0, 0.1) is 0 Å². The summed E-state index contributed by atoms with van der Waals surface area (Å²) < 4.78 is 90.9. The fourth-order valence-electron chi connectivity index (χ4n) is 2.80. The van der Waals surface area contributed by atoms with Crippen LogP contribution in [0.25, 0.3) is 0 Å². The van der Waals surface area contributed by atoms with Crippen LogP contribution in [0.2, 0.25) is 0 Å². The molecule has 0 unspecified atom stereocenters. The van der Waals surface area contributed by atoms with Crippen molar-refractivity contribution in [3.63, 3.8) is 0 Å². The summed E-state index contributed by atoms with van der Waals surface area (Å²) >= 11 is 0. The van der Waals surface area contributed by atoms with Gasteiger partial charge in [0.15, 0.2) is 5.84 Å². The van der Waals surface area contributed by atoms with Gasteiger partial charge in [0, 0.05) is 0 Å². The fraction of sp³-hybridized carbons (Fsp3) is 0.200. The van der Waals surface area contributed by atoms with Crippen molar-refractivity contribution in [3.8, 4) is 0 Å². The summed E-state index contributed by atoms with van der Waals surface area (Å²) in [5.74, 6) is -2.84. The molecule has 12 nitrogen and oxygen atoms in total. The third kappa shape index (κ3) is 6.97. The molecule has 2 N–H and O–H groups in total. The summed E-state index contributed by atoms with van der Waals surface area (Å²) in [5, 5.41) is 0.385. The topological polar surface area (TPSA) is 159 Å². The van der Waals surface area contributed by atoms with E-state index in [1.807, 2.05) is 0 Å². The highest BCUT2D eigenvalue weighted by Gasteiger charge is 2.43. The highest BCUT2D eigenvalue weighted by atomic mass is 32.2. The number of hydroxylamine groups is 2. The Kier molecular flexibility index (Phi) is 8.11. The third-order valence-electron chi connectivity index (χ3n) is 4.60. The van der Waals surface area contributed by atoms with Crippen molar-refractivity contribution in [3.05, 3.63) is 48.5 Å². The van der Waals surface area contributed by atoms with Crippen molar-refractivity contribution in [2.45, 2.75) is 22.4 Å². The number of carbonyl (C=O) groups is 1. The lowest BCUT2D eigenvalue weighted by Gasteiger charge is -2.23. The molecule has 1 aliphatic rings. The lowest BCUT2D eigenvalue weighted by atomic mass is 10.3. The predicted octanol–water partition coefficient (Wildman–Crippen LogP) is 2.02. The van der Waals surface area contributed by atoms with Gasteiger partial charge in [0.1, 0.15) is 12.2 Å². The molecule has 0 saturated carbocycles. The maximum absolute atomic E-state index is 12.8. The molecule has 0 fully saturated rings. The minimum absolute atomic E-state index is 0.0103. The molecular weight excluding hydrogens is 541 g/mol. The Labute approximate surface area is 209 Å². The first-order chi connectivity index (χ1) is 17.2. The van der Waals surface area contributed by atoms with Gasteiger partial charge in [-0.1, -0.05) is 12.1 Å². The minimum atomic E-state index is -5.31. The van der Waals surface area contributed by atoms with E-state index in [1.165, 1.54) is 56.6 Å². The van der Waals surface area contributed by atoms with Gasteiger partial charge in [-0.15, -0.1) is 5.06 Å². The van der Waals surface area contributed by atoms with Crippen LogP contribution in [0.1, 0.15) is 6.42 Å². The van der Waals surface area contributed by atoms with Crippen molar-refractivity contribution in [2.75, 3.05) is 14.1 Å². The molecule has 1 aliphatic heterocycles. The largest absolute Gasteiger partial charge is 0.493 e. The molecule has 2 aromatic carbocycles. The summed E-state index contributed by atoms with van der Waals surface area (Å²) in [6.07, 6.45) is -4.95. The van der Waals surface area contributed by atoms with Crippen molar-refractivity contribution in [1.29, 1.82) is 0 Å². The smallest absolute Gasteiger partial charge is 0.325 e. The van der Waals surface area contributed by atoms with Crippen LogP contribution in [0.4, 0.5) is 24.5 Å². The number of nitrogens with one attached hydrogen (secondary N) is 2. The van der Waals surface area contributed by atoms with E-state index in [2.05, 4.69) is 29.3 Å². The van der Waals surface area contributed by atoms with E-state index in [1.54, 1.807) is 0 Å². The number of aliphatic imine (C=N–C) groups is 3. The van der Waals surface area contributed by atoms with Crippen molar-refractivity contribution in [2.24, 2.45) is 15.0 Å². The third-order valence-corrected chi connectivity index (χ3v) is 7.43. The number of sulfonamides is 2. The summed E-state index contributed by atoms with van der Waals surface area (Å²) in [4.78, 5) is 27.7. The van der Waals surface area contributed by atoms with E-state index in [9.17, 15) is 34.8 Å². The number of hydrogen-bond donors (Lipinski definition) is 2. The molecule has 37 heavy (non-hydrogen) atoms. The molecule has 1 heterocycles. The van der Waals surface area contributed by atoms with Crippen LogP contribution in [0.5, 0.6) is 0 Å². The second kappa shape index (κ2) is 10.8. The van der Waals surface area contributed by atoms with Crippen LogP contribution in [-0.2, 0) is 29.7 Å². The lowest BCUT2D eigenvalue weighted by Crippen LogP contribution is -2.40. The molecule has 0 radical (unpaired) electrons. The minimum Gasteiger partial charge on any atom is -0.325 e. The van der Waals surface area contributed by atoms with Crippen LogP contribution in [0.3, 0.4) is 0 Å². The van der Waals surface area contributed by atoms with E-state index >= 15 is 0 Å². The van der Waals surface area contributed by atoms with Crippen LogP contribution < -0.4 is 9.44 Å². The first kappa shape index (κ1) is 27.9. The number of alkyl halides is 3. The molecule has 0 bridgehead atoms. The molecule has 0 spiro atoms. The average molecular weight is 561 g/mol. The zero-order valence-corrected chi connectivity index (χ0v) is 20.7. The number of hydrogen-bond acceptors (Lipinski definition) is 8. The molecule has 198 valence electrons. The molecule has 0 amide bonds. The zero-order valence-electron chi connectivity index (χ0n) is 19.1. The molecule has 3 rings (SSSR count). The SMILES string of the molecule is CNS(=O)(=O)c1cccc(N=C2CC(=Nc3cccc(S(=O)(=O)NC)c3)N(OC(=O)C(F)(F)F)C=N2)c1. The number of benzene rings is 2.